The molecule has 0 saturated heterocycles. The van der Waals surface area contributed by atoms with Crippen LogP contribution in [0.1, 0.15) is 24.1 Å². The second kappa shape index (κ2) is 11.1. The molecule has 2 amide bonds. The molecule has 1 aliphatic rings. The van der Waals surface area contributed by atoms with Crippen LogP contribution in [0.2, 0.25) is 5.02 Å². The van der Waals surface area contributed by atoms with Gasteiger partial charge in [-0.05, 0) is 43.2 Å². The van der Waals surface area contributed by atoms with E-state index in [1.54, 1.807) is 6.07 Å². The lowest BCUT2D eigenvalue weighted by atomic mass is 10.1. The number of halogens is 4. The van der Waals surface area contributed by atoms with E-state index >= 15 is 0 Å². The Bertz CT molecular complexity index is 1310. The van der Waals surface area contributed by atoms with Crippen LogP contribution in [-0.2, 0) is 22.3 Å². The van der Waals surface area contributed by atoms with E-state index in [2.05, 4.69) is 32.5 Å². The third kappa shape index (κ3) is 7.08. The first-order valence-electron chi connectivity index (χ1n) is 10.7. The molecule has 1 saturated carbocycles. The summed E-state index contributed by atoms with van der Waals surface area (Å²) in [6.07, 6.45) is -0.378. The molecule has 0 unspecified atom stereocenters. The number of carbonyl (C=O) groups is 2. The van der Waals surface area contributed by atoms with Gasteiger partial charge in [-0.2, -0.15) is 18.4 Å². The minimum atomic E-state index is -4.60. The normalized spacial score (nSPS) is 14.5. The fourth-order valence-electron chi connectivity index (χ4n) is 3.14. The van der Waals surface area contributed by atoms with Gasteiger partial charge in [0.25, 0.3) is 5.91 Å². The summed E-state index contributed by atoms with van der Waals surface area (Å²) in [5.74, 6) is -1.07. The van der Waals surface area contributed by atoms with Gasteiger partial charge in [-0.25, -0.2) is 4.99 Å². The van der Waals surface area contributed by atoms with Crippen molar-refractivity contribution in [3.8, 4) is 6.07 Å². The molecule has 5 N–H and O–H groups in total. The zero-order valence-corrected chi connectivity index (χ0v) is 20.0. The van der Waals surface area contributed by atoms with E-state index in [1.807, 2.05) is 0 Å². The number of rotatable bonds is 9. The number of pyridine rings is 1. The number of nitrogens with one attached hydrogen (secondary N) is 3. The number of aliphatic imine (C=N–C) groups is 1. The summed E-state index contributed by atoms with van der Waals surface area (Å²) in [7, 11) is 0. The van der Waals surface area contributed by atoms with Crippen molar-refractivity contribution in [2.24, 2.45) is 10.7 Å². The van der Waals surface area contributed by atoms with Gasteiger partial charge in [0.05, 0.1) is 40.9 Å². The van der Waals surface area contributed by atoms with Crippen LogP contribution in [0.25, 0.3) is 0 Å². The molecule has 0 atom stereocenters. The molecule has 37 heavy (non-hydrogen) atoms. The minimum absolute atomic E-state index is 0.0223. The molecule has 13 heteroatoms. The van der Waals surface area contributed by atoms with Gasteiger partial charge < -0.3 is 21.7 Å². The second-order valence-electron chi connectivity index (χ2n) is 8.01. The highest BCUT2D eigenvalue weighted by Gasteiger charge is 2.51. The summed E-state index contributed by atoms with van der Waals surface area (Å²) in [4.78, 5) is 33.0. The summed E-state index contributed by atoms with van der Waals surface area (Å²) in [5, 5.41) is 16.6. The van der Waals surface area contributed by atoms with Crippen molar-refractivity contribution >= 4 is 41.0 Å². The third-order valence-electron chi connectivity index (χ3n) is 5.29. The molecule has 192 valence electrons. The van der Waals surface area contributed by atoms with Crippen molar-refractivity contribution in [1.82, 2.24) is 15.6 Å². The van der Waals surface area contributed by atoms with Gasteiger partial charge in [-0.15, -0.1) is 0 Å². The Morgan fingerprint density at radius 3 is 2.59 bits per heavy atom. The number of nitriles is 1. The number of nitrogens with zero attached hydrogens (tertiary/aromatic N) is 3. The molecule has 0 spiro atoms. The molecule has 1 aromatic heterocycles. The predicted molar refractivity (Wildman–Crippen MR) is 131 cm³/mol. The van der Waals surface area contributed by atoms with Crippen LogP contribution in [0.5, 0.6) is 0 Å². The van der Waals surface area contributed by atoms with Crippen molar-refractivity contribution < 1.29 is 22.8 Å². The second-order valence-corrected chi connectivity index (χ2v) is 8.44. The highest BCUT2D eigenvalue weighted by molar-refractivity contribution is 6.30. The largest absolute Gasteiger partial charge is 0.418 e. The quantitative estimate of drug-likeness (QED) is 0.220. The van der Waals surface area contributed by atoms with E-state index in [-0.39, 0.29) is 28.5 Å². The highest BCUT2D eigenvalue weighted by atomic mass is 35.5. The summed E-state index contributed by atoms with van der Waals surface area (Å²) in [6, 6.07) is 8.15. The molecule has 1 aliphatic carbocycles. The lowest BCUT2D eigenvalue weighted by Gasteiger charge is -2.17. The number of amides is 2. The molecule has 0 aliphatic heterocycles. The van der Waals surface area contributed by atoms with Gasteiger partial charge in [0, 0.05) is 17.4 Å². The lowest BCUT2D eigenvalue weighted by molar-refractivity contribution is -0.137. The van der Waals surface area contributed by atoms with Crippen LogP contribution in [0, 0.1) is 11.3 Å². The maximum Gasteiger partial charge on any atom is 0.418 e. The van der Waals surface area contributed by atoms with Crippen LogP contribution in [-0.4, -0.2) is 28.6 Å². The molecule has 1 aromatic carbocycles. The molecule has 0 radical (unpaired) electrons. The molecule has 2 aromatic rings. The van der Waals surface area contributed by atoms with E-state index in [4.69, 9.17) is 22.6 Å². The van der Waals surface area contributed by atoms with Gasteiger partial charge in [0.2, 0.25) is 5.91 Å². The van der Waals surface area contributed by atoms with Crippen molar-refractivity contribution in [2.45, 2.75) is 31.1 Å². The SMILES string of the molecule is C=C(C#N)N=C/C(=C\N)C(=O)NC1(C(=O)NCc2ccc(Nc3ccc(Cl)cc3C(F)(F)F)cn2)CC1. The third-order valence-corrected chi connectivity index (χ3v) is 5.52. The van der Waals surface area contributed by atoms with Gasteiger partial charge in [0.15, 0.2) is 0 Å². The zero-order chi connectivity index (χ0) is 27.2. The average Bonchev–Trinajstić information content (AvgIpc) is 3.64. The summed E-state index contributed by atoms with van der Waals surface area (Å²) in [6.45, 7) is 3.39. The van der Waals surface area contributed by atoms with Crippen LogP contribution >= 0.6 is 11.6 Å². The molecular weight excluding hydrogens is 511 g/mol. The summed E-state index contributed by atoms with van der Waals surface area (Å²) < 4.78 is 39.9. The minimum Gasteiger partial charge on any atom is -0.404 e. The molecule has 0 bridgehead atoms. The Hall–Kier alpha value is -4.37. The fourth-order valence-corrected chi connectivity index (χ4v) is 3.31. The number of alkyl halides is 3. The van der Waals surface area contributed by atoms with Crippen LogP contribution < -0.4 is 21.7 Å². The van der Waals surface area contributed by atoms with E-state index < -0.39 is 29.1 Å². The first kappa shape index (κ1) is 27.2. The molecule has 9 nitrogen and oxygen atoms in total. The topological polar surface area (TPSA) is 145 Å². The lowest BCUT2D eigenvalue weighted by Crippen LogP contribution is -2.49. The van der Waals surface area contributed by atoms with Gasteiger partial charge in [0.1, 0.15) is 17.3 Å². The molecule has 3 rings (SSSR count). The number of hydrogen-bond acceptors (Lipinski definition) is 7. The van der Waals surface area contributed by atoms with E-state index in [0.29, 0.717) is 24.2 Å². The van der Waals surface area contributed by atoms with Gasteiger partial charge in [-0.3, -0.25) is 14.6 Å². The Labute approximate surface area is 214 Å². The number of benzene rings is 1. The maximum absolute atomic E-state index is 13.3. The number of hydrogen-bond donors (Lipinski definition) is 4. The van der Waals surface area contributed by atoms with E-state index in [0.717, 1.165) is 18.5 Å². The predicted octanol–water partition coefficient (Wildman–Crippen LogP) is 3.71. The van der Waals surface area contributed by atoms with Crippen molar-refractivity contribution in [3.05, 3.63) is 76.9 Å². The first-order chi connectivity index (χ1) is 17.5. The van der Waals surface area contributed by atoms with Crippen LogP contribution in [0.4, 0.5) is 24.5 Å². The van der Waals surface area contributed by atoms with Crippen molar-refractivity contribution in [3.63, 3.8) is 0 Å². The Balaban J connectivity index is 1.59. The average molecular weight is 532 g/mol. The molecule has 1 fully saturated rings. The van der Waals surface area contributed by atoms with Gasteiger partial charge >= 0.3 is 6.18 Å². The monoisotopic (exact) mass is 531 g/mol. The Morgan fingerprint density at radius 1 is 1.30 bits per heavy atom. The Kier molecular flexibility index (Phi) is 8.19. The smallest absolute Gasteiger partial charge is 0.404 e. The highest BCUT2D eigenvalue weighted by Crippen LogP contribution is 2.38. The zero-order valence-electron chi connectivity index (χ0n) is 19.2. The van der Waals surface area contributed by atoms with Crippen LogP contribution in [0.3, 0.4) is 0 Å². The van der Waals surface area contributed by atoms with E-state index in [9.17, 15) is 22.8 Å². The van der Waals surface area contributed by atoms with Crippen molar-refractivity contribution in [2.75, 3.05) is 5.32 Å². The molecular formula is C24H21ClF3N7O2. The molecule has 1 heterocycles. The van der Waals surface area contributed by atoms with Crippen molar-refractivity contribution in [1.29, 1.82) is 5.26 Å². The number of anilines is 2. The summed E-state index contributed by atoms with van der Waals surface area (Å²) >= 11 is 5.70. The Morgan fingerprint density at radius 2 is 2.03 bits per heavy atom. The number of allylic oxidation sites excluding steroid dienone is 1. The van der Waals surface area contributed by atoms with Gasteiger partial charge in [-0.1, -0.05) is 18.2 Å². The van der Waals surface area contributed by atoms with Crippen LogP contribution in [0.15, 0.2) is 65.6 Å². The number of carbonyl (C=O) groups excluding carboxylic acids is 2. The first-order valence-corrected chi connectivity index (χ1v) is 11.1. The maximum atomic E-state index is 13.3. The standard InChI is InChI=1S/C24H21ClF3N7O2/c1-14(9-29)31-11-15(10-30)21(36)35-23(6-7-23)22(37)33-12-17-3-4-18(13-32-17)34-20-5-2-16(25)8-19(20)24(26,27)28/h2-5,8,10-11,13,34H,1,6-7,12,30H2,(H,33,37)(H,35,36)/b15-10+,31-11?. The number of nitrogens with two attached hydrogens (primary N) is 1. The fraction of sp³-hybridized carbons (Fsp3) is 0.208. The number of aromatic nitrogens is 1. The summed E-state index contributed by atoms with van der Waals surface area (Å²) in [5.41, 5.74) is 3.81. The van der Waals surface area contributed by atoms with E-state index in [1.165, 1.54) is 30.5 Å².